The van der Waals surface area contributed by atoms with Gasteiger partial charge in [-0.2, -0.15) is 11.8 Å². The number of benzene rings is 2. The van der Waals surface area contributed by atoms with E-state index >= 15 is 0 Å². The lowest BCUT2D eigenvalue weighted by molar-refractivity contribution is 0.0956. The number of aryl methyl sites for hydroxylation is 1. The molecule has 0 aliphatic heterocycles. The molecule has 0 bridgehead atoms. The van der Waals surface area contributed by atoms with Gasteiger partial charge in [-0.1, -0.05) is 35.9 Å². The van der Waals surface area contributed by atoms with E-state index in [0.29, 0.717) is 17.8 Å². The number of thiophene rings is 1. The van der Waals surface area contributed by atoms with E-state index in [-0.39, 0.29) is 10.1 Å². The van der Waals surface area contributed by atoms with Crippen molar-refractivity contribution >= 4 is 44.7 Å². The average Bonchev–Trinajstić information content (AvgIpc) is 3.25. The summed E-state index contributed by atoms with van der Waals surface area (Å²) in [5.74, 6) is 1.56. The minimum Gasteiger partial charge on any atom is -0.351 e. The van der Waals surface area contributed by atoms with E-state index in [2.05, 4.69) is 41.2 Å². The van der Waals surface area contributed by atoms with E-state index in [0.717, 1.165) is 22.8 Å². The van der Waals surface area contributed by atoms with Crippen molar-refractivity contribution < 1.29 is 13.2 Å². The second-order valence-corrected chi connectivity index (χ2v) is 10.4. The van der Waals surface area contributed by atoms with Gasteiger partial charge in [0.25, 0.3) is 15.9 Å². The Labute approximate surface area is 179 Å². The molecule has 0 unspecified atom stereocenters. The zero-order chi connectivity index (χ0) is 20.7. The lowest BCUT2D eigenvalue weighted by Gasteiger charge is -2.08. The van der Waals surface area contributed by atoms with Crippen LogP contribution in [0.5, 0.6) is 0 Å². The van der Waals surface area contributed by atoms with Crippen LogP contribution in [0.3, 0.4) is 0 Å². The Morgan fingerprint density at radius 3 is 2.41 bits per heavy atom. The predicted molar refractivity (Wildman–Crippen MR) is 121 cm³/mol. The van der Waals surface area contributed by atoms with Gasteiger partial charge in [-0.25, -0.2) is 8.42 Å². The Morgan fingerprint density at radius 1 is 1.03 bits per heavy atom. The van der Waals surface area contributed by atoms with Gasteiger partial charge in [0.2, 0.25) is 0 Å². The molecule has 2 aromatic carbocycles. The molecule has 0 aliphatic rings. The molecule has 0 fully saturated rings. The number of rotatable bonds is 9. The number of carbonyl (C=O) groups is 1. The normalized spacial score (nSPS) is 11.2. The highest BCUT2D eigenvalue weighted by molar-refractivity contribution is 7.98. The van der Waals surface area contributed by atoms with E-state index < -0.39 is 10.0 Å². The molecule has 0 spiro atoms. The molecule has 0 aliphatic carbocycles. The molecule has 0 saturated heterocycles. The van der Waals surface area contributed by atoms with Crippen LogP contribution in [0, 0.1) is 6.92 Å². The zero-order valence-electron chi connectivity index (χ0n) is 15.9. The Balaban J connectivity index is 1.43. The Hall–Kier alpha value is -2.29. The van der Waals surface area contributed by atoms with Crippen molar-refractivity contribution in [2.75, 3.05) is 17.0 Å². The molecule has 8 heteroatoms. The molecule has 1 heterocycles. The van der Waals surface area contributed by atoms with Gasteiger partial charge in [-0.15, -0.1) is 11.3 Å². The van der Waals surface area contributed by atoms with Gasteiger partial charge in [0.1, 0.15) is 4.21 Å². The van der Waals surface area contributed by atoms with Crippen molar-refractivity contribution in [2.24, 2.45) is 0 Å². The van der Waals surface area contributed by atoms with Crippen LogP contribution in [0.2, 0.25) is 0 Å². The van der Waals surface area contributed by atoms with Gasteiger partial charge < -0.3 is 5.32 Å². The topological polar surface area (TPSA) is 75.3 Å². The minimum atomic E-state index is -3.58. The summed E-state index contributed by atoms with van der Waals surface area (Å²) in [6.07, 6.45) is 0. The second-order valence-electron chi connectivity index (χ2n) is 6.41. The first-order valence-corrected chi connectivity index (χ1v) is 12.5. The molecule has 2 N–H and O–H groups in total. The smallest absolute Gasteiger partial charge is 0.271 e. The van der Waals surface area contributed by atoms with Gasteiger partial charge in [0, 0.05) is 29.3 Å². The van der Waals surface area contributed by atoms with Gasteiger partial charge in [-0.3, -0.25) is 9.52 Å². The molecule has 0 radical (unpaired) electrons. The van der Waals surface area contributed by atoms with Crippen LogP contribution in [0.1, 0.15) is 21.5 Å². The van der Waals surface area contributed by atoms with Crippen LogP contribution in [-0.2, 0) is 15.8 Å². The monoisotopic (exact) mass is 446 g/mol. The van der Waals surface area contributed by atoms with Gasteiger partial charge in [-0.05, 0) is 48.2 Å². The third-order valence-electron chi connectivity index (χ3n) is 4.08. The predicted octanol–water partition coefficient (Wildman–Crippen LogP) is 4.52. The molecular formula is C21H22N2O3S3. The largest absolute Gasteiger partial charge is 0.351 e. The number of hydrogen-bond donors (Lipinski definition) is 2. The average molecular weight is 447 g/mol. The molecule has 152 valence electrons. The van der Waals surface area contributed by atoms with E-state index in [9.17, 15) is 13.2 Å². The molecule has 1 aromatic heterocycles. The Morgan fingerprint density at radius 2 is 1.76 bits per heavy atom. The SMILES string of the molecule is Cc1ccc(CSCCNC(=O)c2ccc(NS(=O)(=O)c3cccs3)cc2)cc1. The van der Waals surface area contributed by atoms with Gasteiger partial charge >= 0.3 is 0 Å². The maximum Gasteiger partial charge on any atom is 0.271 e. The van der Waals surface area contributed by atoms with Crippen molar-refractivity contribution in [3.05, 3.63) is 82.7 Å². The second kappa shape index (κ2) is 9.96. The fourth-order valence-corrected chi connectivity index (χ4v) is 5.39. The number of anilines is 1. The molecule has 3 aromatic rings. The van der Waals surface area contributed by atoms with Crippen LogP contribution in [0.4, 0.5) is 5.69 Å². The van der Waals surface area contributed by atoms with Crippen molar-refractivity contribution in [1.82, 2.24) is 5.32 Å². The fraction of sp³-hybridized carbons (Fsp3) is 0.190. The molecule has 1 amide bonds. The number of nitrogens with one attached hydrogen (secondary N) is 2. The van der Waals surface area contributed by atoms with Crippen LogP contribution >= 0.6 is 23.1 Å². The van der Waals surface area contributed by atoms with Gasteiger partial charge in [0.05, 0.1) is 0 Å². The molecule has 3 rings (SSSR count). The number of sulfonamides is 1. The molecule has 0 atom stereocenters. The highest BCUT2D eigenvalue weighted by Crippen LogP contribution is 2.20. The summed E-state index contributed by atoms with van der Waals surface area (Å²) in [5, 5.41) is 4.60. The van der Waals surface area contributed by atoms with Crippen LogP contribution < -0.4 is 10.0 Å². The standard InChI is InChI=1S/C21H22N2O3S3/c1-16-4-6-17(7-5-16)15-27-14-12-22-21(24)18-8-10-19(11-9-18)23-29(25,26)20-3-2-13-28-20/h2-11,13,23H,12,14-15H2,1H3,(H,22,24). The van der Waals surface area contributed by atoms with Crippen molar-refractivity contribution in [3.8, 4) is 0 Å². The highest BCUT2D eigenvalue weighted by Gasteiger charge is 2.15. The molecular weight excluding hydrogens is 424 g/mol. The number of thioether (sulfide) groups is 1. The van der Waals surface area contributed by atoms with Crippen molar-refractivity contribution in [2.45, 2.75) is 16.9 Å². The summed E-state index contributed by atoms with van der Waals surface area (Å²) in [6.45, 7) is 2.64. The molecule has 29 heavy (non-hydrogen) atoms. The maximum absolute atomic E-state index is 12.2. The lowest BCUT2D eigenvalue weighted by Crippen LogP contribution is -2.25. The van der Waals surface area contributed by atoms with E-state index in [4.69, 9.17) is 0 Å². The van der Waals surface area contributed by atoms with Gasteiger partial charge in [0.15, 0.2) is 0 Å². The summed E-state index contributed by atoms with van der Waals surface area (Å²) < 4.78 is 27.2. The number of carbonyl (C=O) groups excluding carboxylic acids is 1. The first-order valence-electron chi connectivity index (χ1n) is 9.02. The first-order chi connectivity index (χ1) is 13.9. The van der Waals surface area contributed by atoms with E-state index in [1.54, 1.807) is 53.5 Å². The quantitative estimate of drug-likeness (QED) is 0.474. The van der Waals surface area contributed by atoms with Crippen molar-refractivity contribution in [1.29, 1.82) is 0 Å². The van der Waals surface area contributed by atoms with E-state index in [1.165, 1.54) is 11.1 Å². The summed E-state index contributed by atoms with van der Waals surface area (Å²) >= 11 is 2.92. The first kappa shape index (κ1) is 21.4. The lowest BCUT2D eigenvalue weighted by atomic mass is 10.2. The maximum atomic E-state index is 12.2. The summed E-state index contributed by atoms with van der Waals surface area (Å²) in [4.78, 5) is 12.2. The van der Waals surface area contributed by atoms with E-state index in [1.807, 2.05) is 0 Å². The molecule has 5 nitrogen and oxygen atoms in total. The minimum absolute atomic E-state index is 0.173. The summed E-state index contributed by atoms with van der Waals surface area (Å²) in [6, 6.07) is 18.1. The Bertz CT molecular complexity index is 1030. The third-order valence-corrected chi connectivity index (χ3v) is 7.89. The fourth-order valence-electron chi connectivity index (χ4n) is 2.52. The highest BCUT2D eigenvalue weighted by atomic mass is 32.2. The van der Waals surface area contributed by atoms with Crippen LogP contribution in [0.25, 0.3) is 0 Å². The van der Waals surface area contributed by atoms with Crippen molar-refractivity contribution in [3.63, 3.8) is 0 Å². The van der Waals surface area contributed by atoms with Crippen LogP contribution in [-0.4, -0.2) is 26.6 Å². The Kier molecular flexibility index (Phi) is 7.35. The number of hydrogen-bond acceptors (Lipinski definition) is 5. The molecule has 0 saturated carbocycles. The third kappa shape index (κ3) is 6.35. The zero-order valence-corrected chi connectivity index (χ0v) is 18.4. The number of amides is 1. The summed E-state index contributed by atoms with van der Waals surface area (Å²) in [5.41, 5.74) is 3.43. The van der Waals surface area contributed by atoms with Crippen LogP contribution in [0.15, 0.2) is 70.3 Å². The summed E-state index contributed by atoms with van der Waals surface area (Å²) in [7, 11) is -3.58.